The molecule has 0 aliphatic rings. The number of ether oxygens (including phenoxy) is 1. The lowest BCUT2D eigenvalue weighted by atomic mass is 10.1. The van der Waals surface area contributed by atoms with Gasteiger partial charge in [-0.15, -0.1) is 0 Å². The number of alkyl halides is 3. The lowest BCUT2D eigenvalue weighted by Crippen LogP contribution is -2.28. The van der Waals surface area contributed by atoms with Crippen molar-refractivity contribution in [1.82, 2.24) is 14.3 Å². The van der Waals surface area contributed by atoms with Crippen LogP contribution in [0.15, 0.2) is 27.9 Å². The smallest absolute Gasteiger partial charge is 0.421 e. The first-order chi connectivity index (χ1) is 10.2. The second-order valence-electron chi connectivity index (χ2n) is 4.51. The van der Waals surface area contributed by atoms with Crippen LogP contribution in [0.25, 0.3) is 11.3 Å². The molecular weight excluding hydrogens is 303 g/mol. The van der Waals surface area contributed by atoms with Gasteiger partial charge in [0.25, 0.3) is 5.56 Å². The fourth-order valence-electron chi connectivity index (χ4n) is 2.02. The Bertz CT molecular complexity index is 837. The van der Waals surface area contributed by atoms with E-state index in [9.17, 15) is 22.8 Å². The predicted octanol–water partition coefficient (Wildman–Crippen LogP) is 1.17. The highest BCUT2D eigenvalue weighted by molar-refractivity contribution is 5.66. The van der Waals surface area contributed by atoms with Crippen LogP contribution < -0.4 is 15.9 Å². The molecule has 2 aromatic heterocycles. The molecule has 0 saturated carbocycles. The Hall–Kier alpha value is -2.58. The number of rotatable bonds is 2. The number of pyridine rings is 1. The molecule has 0 radical (unpaired) electrons. The van der Waals surface area contributed by atoms with Gasteiger partial charge in [0, 0.05) is 14.1 Å². The molecule has 0 spiro atoms. The van der Waals surface area contributed by atoms with Gasteiger partial charge in [-0.1, -0.05) is 0 Å². The summed E-state index contributed by atoms with van der Waals surface area (Å²) in [5.41, 5.74) is -2.83. The highest BCUT2D eigenvalue weighted by Gasteiger charge is 2.34. The van der Waals surface area contributed by atoms with Crippen molar-refractivity contribution in [3.63, 3.8) is 0 Å². The average Bonchev–Trinajstić information content (AvgIpc) is 2.43. The van der Waals surface area contributed by atoms with Crippen LogP contribution in [0, 0.1) is 0 Å². The monoisotopic (exact) mass is 315 g/mol. The Morgan fingerprint density at radius 2 is 1.77 bits per heavy atom. The lowest BCUT2D eigenvalue weighted by Gasteiger charge is -2.14. The zero-order valence-corrected chi connectivity index (χ0v) is 11.9. The highest BCUT2D eigenvalue weighted by atomic mass is 19.4. The van der Waals surface area contributed by atoms with Crippen LogP contribution in [0.3, 0.4) is 0 Å². The summed E-state index contributed by atoms with van der Waals surface area (Å²) in [7, 11) is 3.84. The normalized spacial score (nSPS) is 11.5. The van der Waals surface area contributed by atoms with Gasteiger partial charge in [0.05, 0.1) is 24.6 Å². The Balaban J connectivity index is 2.76. The van der Waals surface area contributed by atoms with E-state index in [0.717, 1.165) is 15.3 Å². The van der Waals surface area contributed by atoms with E-state index in [-0.39, 0.29) is 17.0 Å². The zero-order chi connectivity index (χ0) is 16.7. The van der Waals surface area contributed by atoms with Crippen molar-refractivity contribution in [3.8, 4) is 17.0 Å². The van der Waals surface area contributed by atoms with Crippen LogP contribution in [-0.2, 0) is 20.3 Å². The zero-order valence-electron chi connectivity index (χ0n) is 11.9. The molecule has 0 unspecified atom stereocenters. The van der Waals surface area contributed by atoms with E-state index in [1.54, 1.807) is 0 Å². The molecule has 0 atom stereocenters. The number of methoxy groups -OCH3 is 1. The maximum absolute atomic E-state index is 12.7. The van der Waals surface area contributed by atoms with E-state index in [1.807, 2.05) is 0 Å². The molecule has 0 amide bonds. The first-order valence-electron chi connectivity index (χ1n) is 6.06. The van der Waals surface area contributed by atoms with Gasteiger partial charge in [0.15, 0.2) is 5.75 Å². The molecule has 0 bridgehead atoms. The van der Waals surface area contributed by atoms with Gasteiger partial charge in [-0.2, -0.15) is 18.3 Å². The van der Waals surface area contributed by atoms with Crippen molar-refractivity contribution in [2.45, 2.75) is 6.18 Å². The van der Waals surface area contributed by atoms with Crippen LogP contribution >= 0.6 is 0 Å². The van der Waals surface area contributed by atoms with E-state index in [4.69, 9.17) is 4.74 Å². The Morgan fingerprint density at radius 3 is 2.32 bits per heavy atom. The third-order valence-electron chi connectivity index (χ3n) is 3.18. The summed E-state index contributed by atoms with van der Waals surface area (Å²) in [5.74, 6) is -0.104. The molecule has 9 heteroatoms. The molecule has 0 aliphatic carbocycles. The second-order valence-corrected chi connectivity index (χ2v) is 4.51. The maximum Gasteiger partial charge on any atom is 0.421 e. The summed E-state index contributed by atoms with van der Waals surface area (Å²) in [6.07, 6.45) is -3.50. The van der Waals surface area contributed by atoms with Crippen LogP contribution in [0.1, 0.15) is 5.56 Å². The van der Waals surface area contributed by atoms with E-state index >= 15 is 0 Å². The quantitative estimate of drug-likeness (QED) is 0.834. The topological polar surface area (TPSA) is 66.1 Å². The van der Waals surface area contributed by atoms with Crippen LogP contribution in [0.2, 0.25) is 0 Å². The molecule has 0 fully saturated rings. The van der Waals surface area contributed by atoms with Crippen LogP contribution in [0.5, 0.6) is 5.75 Å². The minimum Gasteiger partial charge on any atom is -0.491 e. The number of aromatic nitrogens is 3. The van der Waals surface area contributed by atoms with Gasteiger partial charge in [0.2, 0.25) is 0 Å². The first kappa shape index (κ1) is 15.8. The molecule has 0 aromatic carbocycles. The third-order valence-corrected chi connectivity index (χ3v) is 3.18. The van der Waals surface area contributed by atoms with Crippen molar-refractivity contribution in [2.75, 3.05) is 7.11 Å². The van der Waals surface area contributed by atoms with Crippen molar-refractivity contribution < 1.29 is 17.9 Å². The molecule has 118 valence electrons. The summed E-state index contributed by atoms with van der Waals surface area (Å²) in [6, 6.07) is 1.78. The SMILES string of the molecule is COc1c(-c2ccc(C(F)(F)F)c(=O)n2C)cnn(C)c1=O. The lowest BCUT2D eigenvalue weighted by molar-refractivity contribution is -0.138. The summed E-state index contributed by atoms with van der Waals surface area (Å²) >= 11 is 0. The third kappa shape index (κ3) is 2.49. The Morgan fingerprint density at radius 1 is 1.14 bits per heavy atom. The highest BCUT2D eigenvalue weighted by Crippen LogP contribution is 2.29. The molecule has 22 heavy (non-hydrogen) atoms. The van der Waals surface area contributed by atoms with E-state index in [1.165, 1.54) is 27.4 Å². The minimum absolute atomic E-state index is 0.0973. The molecule has 2 aromatic rings. The number of halogens is 3. The molecular formula is C13H12F3N3O3. The van der Waals surface area contributed by atoms with Gasteiger partial charge < -0.3 is 9.30 Å². The van der Waals surface area contributed by atoms with Gasteiger partial charge in [0.1, 0.15) is 5.56 Å². The number of hydrogen-bond acceptors (Lipinski definition) is 4. The molecule has 0 N–H and O–H groups in total. The van der Waals surface area contributed by atoms with Crippen molar-refractivity contribution >= 4 is 0 Å². The molecule has 2 rings (SSSR count). The Labute approximate surface area is 122 Å². The van der Waals surface area contributed by atoms with Crippen LogP contribution in [-0.4, -0.2) is 21.5 Å². The maximum atomic E-state index is 12.7. The van der Waals surface area contributed by atoms with E-state index in [0.29, 0.717) is 6.07 Å². The number of hydrogen-bond donors (Lipinski definition) is 0. The molecule has 0 saturated heterocycles. The summed E-state index contributed by atoms with van der Waals surface area (Å²) in [5, 5.41) is 3.79. The fraction of sp³-hybridized carbons (Fsp3) is 0.308. The fourth-order valence-corrected chi connectivity index (χ4v) is 2.02. The van der Waals surface area contributed by atoms with Crippen molar-refractivity contribution in [3.05, 3.63) is 44.6 Å². The Kier molecular flexibility index (Phi) is 3.82. The average molecular weight is 315 g/mol. The standard InChI is InChI=1S/C13H12F3N3O3/c1-18-9(5-4-8(11(18)20)13(14,15)16)7-6-17-19(2)12(21)10(7)22-3/h4-6H,1-3H3. The first-order valence-corrected chi connectivity index (χ1v) is 6.06. The van der Waals surface area contributed by atoms with E-state index in [2.05, 4.69) is 5.10 Å². The second kappa shape index (κ2) is 5.32. The predicted molar refractivity (Wildman–Crippen MR) is 71.7 cm³/mol. The van der Waals surface area contributed by atoms with Crippen molar-refractivity contribution in [1.29, 1.82) is 0 Å². The van der Waals surface area contributed by atoms with Gasteiger partial charge in [-0.3, -0.25) is 9.59 Å². The molecule has 2 heterocycles. The van der Waals surface area contributed by atoms with Crippen molar-refractivity contribution in [2.24, 2.45) is 14.1 Å². The van der Waals surface area contributed by atoms with E-state index < -0.39 is 22.9 Å². The largest absolute Gasteiger partial charge is 0.491 e. The summed E-state index contributed by atoms with van der Waals surface area (Å²) in [6.45, 7) is 0. The minimum atomic E-state index is -4.75. The number of aryl methyl sites for hydroxylation is 1. The summed E-state index contributed by atoms with van der Waals surface area (Å²) < 4.78 is 45.0. The van der Waals surface area contributed by atoms with Gasteiger partial charge in [-0.25, -0.2) is 4.68 Å². The number of nitrogens with zero attached hydrogens (tertiary/aromatic N) is 3. The van der Waals surface area contributed by atoms with Crippen LogP contribution in [0.4, 0.5) is 13.2 Å². The van der Waals surface area contributed by atoms with Gasteiger partial charge >= 0.3 is 11.7 Å². The molecule has 0 aliphatic heterocycles. The molecule has 6 nitrogen and oxygen atoms in total. The van der Waals surface area contributed by atoms with Gasteiger partial charge in [-0.05, 0) is 12.1 Å². The summed E-state index contributed by atoms with van der Waals surface area (Å²) in [4.78, 5) is 23.8.